The lowest BCUT2D eigenvalue weighted by atomic mass is 9.87. The van der Waals surface area contributed by atoms with E-state index in [4.69, 9.17) is 37.9 Å². The van der Waals surface area contributed by atoms with E-state index in [1.54, 1.807) is 14.2 Å². The maximum absolute atomic E-state index is 6.77. The van der Waals surface area contributed by atoms with Gasteiger partial charge in [0.1, 0.15) is 46.0 Å². The number of methoxy groups -OCH3 is 2. The van der Waals surface area contributed by atoms with Gasteiger partial charge >= 0.3 is 0 Å². The largest absolute Gasteiger partial charge is 0.496 e. The Labute approximate surface area is 842 Å². The van der Waals surface area contributed by atoms with Gasteiger partial charge in [-0.15, -0.1) is 0 Å². The van der Waals surface area contributed by atoms with Crippen molar-refractivity contribution in [1.29, 1.82) is 0 Å². The molecule has 0 saturated heterocycles. The van der Waals surface area contributed by atoms with Gasteiger partial charge in [-0.05, 0) is 307 Å². The second-order valence-corrected chi connectivity index (χ2v) is 44.7. The van der Waals surface area contributed by atoms with Gasteiger partial charge < -0.3 is 48.5 Å². The van der Waals surface area contributed by atoms with Crippen LogP contribution in [0, 0.1) is 41.5 Å². The molecule has 2 N–H and O–H groups in total. The third-order valence-corrected chi connectivity index (χ3v) is 37.4. The number of aryl methyl sites for hydroxylation is 6. The summed E-state index contributed by atoms with van der Waals surface area (Å²) in [5.41, 5.74) is 25.6. The molecule has 10 nitrogen and oxygen atoms in total. The van der Waals surface area contributed by atoms with Gasteiger partial charge in [-0.2, -0.15) is 0 Å². The zero-order valence-electron chi connectivity index (χ0n) is 83.8. The normalized spacial score (nSPS) is 13.2. The molecule has 14 heteroatoms. The summed E-state index contributed by atoms with van der Waals surface area (Å²) in [6.45, 7) is 28.3. The molecule has 0 saturated carbocycles. The minimum Gasteiger partial charge on any atom is -0.496 e. The van der Waals surface area contributed by atoms with Crippen LogP contribution in [0.2, 0.25) is 0 Å². The van der Waals surface area contributed by atoms with Gasteiger partial charge in [-0.3, -0.25) is 0 Å². The van der Waals surface area contributed by atoms with Crippen molar-refractivity contribution in [3.63, 3.8) is 0 Å². The van der Waals surface area contributed by atoms with Crippen molar-refractivity contribution in [2.45, 2.75) is 140 Å². The van der Waals surface area contributed by atoms with E-state index >= 15 is 0 Å². The van der Waals surface area contributed by atoms with Gasteiger partial charge in [-0.1, -0.05) is 307 Å². The molecule has 0 amide bonds. The van der Waals surface area contributed by atoms with Gasteiger partial charge in [0.05, 0.1) is 53.9 Å². The number of benzene rings is 16. The van der Waals surface area contributed by atoms with Gasteiger partial charge in [0.15, 0.2) is 0 Å². The first-order chi connectivity index (χ1) is 69.3. The van der Waals surface area contributed by atoms with Crippen LogP contribution in [0.15, 0.2) is 340 Å². The van der Waals surface area contributed by atoms with Crippen LogP contribution in [0.5, 0.6) is 46.0 Å². The molecule has 20 rings (SSSR count). The molecule has 0 aromatic heterocycles. The first-order valence-electron chi connectivity index (χ1n) is 50.4. The molecule has 0 fully saturated rings. The van der Waals surface area contributed by atoms with Crippen molar-refractivity contribution in [2.24, 2.45) is 0 Å². The maximum Gasteiger partial charge on any atom is 0.128 e. The molecule has 718 valence electrons. The molecule has 16 aromatic carbocycles. The average molecular weight is 1940 g/mol. The highest BCUT2D eigenvalue weighted by molar-refractivity contribution is 7.82. The summed E-state index contributed by atoms with van der Waals surface area (Å²) in [7, 11) is -0.367. The highest BCUT2D eigenvalue weighted by atomic mass is 31.1. The van der Waals surface area contributed by atoms with E-state index in [9.17, 15) is 0 Å². The average Bonchev–Trinajstić information content (AvgIpc) is 0.834. The minimum atomic E-state index is -1.10. The number of rotatable bonds is 18. The molecular formula is C127H132N2O8P4. The monoisotopic (exact) mass is 1940 g/mol. The lowest BCUT2D eigenvalue weighted by molar-refractivity contribution is 0.252. The van der Waals surface area contributed by atoms with Crippen LogP contribution in [-0.4, -0.2) is 67.0 Å². The summed E-state index contributed by atoms with van der Waals surface area (Å²) < 4.78 is 50.8. The molecule has 141 heavy (non-hydrogen) atoms. The highest BCUT2D eigenvalue weighted by Gasteiger charge is 2.38. The van der Waals surface area contributed by atoms with Crippen LogP contribution in [0.4, 0.5) is 11.4 Å². The Hall–Kier alpha value is -12.8. The van der Waals surface area contributed by atoms with Crippen molar-refractivity contribution < 1.29 is 37.9 Å². The van der Waals surface area contributed by atoms with E-state index in [1.165, 1.54) is 153 Å². The first kappa shape index (κ1) is 99.8. The fraction of sp³-hybridized carbons (Fsp3) is 0.244. The number of hydrogen-bond donors (Lipinski definition) is 2. The van der Waals surface area contributed by atoms with Crippen LogP contribution in [-0.2, 0) is 25.7 Å². The zero-order valence-corrected chi connectivity index (χ0v) is 87.4. The van der Waals surface area contributed by atoms with Crippen LogP contribution < -0.4 is 112 Å². The number of fused-ring (bicyclic) bond motifs is 12. The molecule has 0 spiro atoms. The summed E-state index contributed by atoms with van der Waals surface area (Å²) in [6, 6.07) is 123. The molecule has 16 aromatic rings. The van der Waals surface area contributed by atoms with E-state index in [-0.39, 0.29) is 0 Å². The fourth-order valence-electron chi connectivity index (χ4n) is 20.2. The van der Waals surface area contributed by atoms with Crippen molar-refractivity contribution in [2.75, 3.05) is 77.6 Å². The maximum atomic E-state index is 6.77. The molecule has 0 radical (unpaired) electrons. The van der Waals surface area contributed by atoms with Crippen molar-refractivity contribution >= 4 is 107 Å². The molecule has 4 aliphatic heterocycles. The molecule has 0 aliphatic carbocycles. The molecular weight excluding hydrogens is 1810 g/mol. The summed E-state index contributed by atoms with van der Waals surface area (Å²) in [4.78, 5) is 0. The van der Waals surface area contributed by atoms with E-state index in [0.29, 0.717) is 26.4 Å². The minimum absolute atomic E-state index is 0.595. The summed E-state index contributed by atoms with van der Waals surface area (Å²) in [5, 5.41) is 23.3. The first-order valence-corrected chi connectivity index (χ1v) is 55.8. The summed E-state index contributed by atoms with van der Waals surface area (Å²) >= 11 is 0. The Balaban J connectivity index is 0.000000136. The SMILES string of the molecule is CCc1c(C)ccc2c1-c1c(ccc(C)c1CC)OCCCCO2.CCc1c(C)ccc2c1-c1c(ccc(C)c1CC)OCCCO2.COc1ccc2c(c1P(c1ccccc1)c1ccccc1)-c1c(ccc(OC)c1P(c1ccccc1)c1ccccc1)OCCCCO2.Cc1ccc2c(c1P(c1ccccc1)c1ccccc1)-c1c(ccc(C)c1P(c1ccccc1)c1ccccc1)NCCCCN2. The quantitative estimate of drug-likeness (QED) is 0.0809. The van der Waals surface area contributed by atoms with Gasteiger partial charge in [0, 0.05) is 86.0 Å². The second-order valence-electron chi connectivity index (χ2n) is 36.1. The van der Waals surface area contributed by atoms with Crippen molar-refractivity contribution in [3.8, 4) is 90.5 Å². The van der Waals surface area contributed by atoms with E-state index < -0.39 is 31.7 Å². The predicted molar refractivity (Wildman–Crippen MR) is 604 cm³/mol. The Morgan fingerprint density at radius 3 is 0.645 bits per heavy atom. The molecule has 0 atom stereocenters. The highest BCUT2D eigenvalue weighted by Crippen LogP contribution is 2.54. The van der Waals surface area contributed by atoms with Crippen molar-refractivity contribution in [1.82, 2.24) is 0 Å². The van der Waals surface area contributed by atoms with Crippen LogP contribution in [0.25, 0.3) is 44.5 Å². The van der Waals surface area contributed by atoms with Gasteiger partial charge in [-0.25, -0.2) is 0 Å². The third kappa shape index (κ3) is 22.4. The number of anilines is 2. The summed E-state index contributed by atoms with van der Waals surface area (Å²) in [5.74, 6) is 7.28. The lowest BCUT2D eigenvalue weighted by Gasteiger charge is -2.32. The van der Waals surface area contributed by atoms with Crippen LogP contribution in [0.3, 0.4) is 0 Å². The van der Waals surface area contributed by atoms with Crippen LogP contribution in [0.1, 0.15) is 128 Å². The second kappa shape index (κ2) is 48.6. The molecule has 4 heterocycles. The fourth-order valence-corrected chi connectivity index (χ4v) is 30.6. The summed E-state index contributed by atoms with van der Waals surface area (Å²) in [6.07, 6.45) is 11.0. The van der Waals surface area contributed by atoms with Crippen molar-refractivity contribution in [3.05, 3.63) is 395 Å². The smallest absolute Gasteiger partial charge is 0.128 e. The Morgan fingerprint density at radius 1 is 0.213 bits per heavy atom. The van der Waals surface area contributed by atoms with E-state index in [0.717, 1.165) is 165 Å². The Kier molecular flexibility index (Phi) is 34.4. The number of nitrogens with one attached hydrogen (secondary N) is 2. The number of ether oxygens (including phenoxy) is 8. The van der Waals surface area contributed by atoms with Crippen LogP contribution >= 0.6 is 31.7 Å². The standard InChI is InChI=1S/C42H40N2P2.C42H38O4P2.C22H28O2.C21H26O2/c1-31-25-27-37-39(41(31)45(33-17-7-3-8-18-33)34-19-9-4-10-20-34)40-38(44-30-16-15-29-43-37)28-26-32(2)42(40)46(35-21-11-5-12-22-35)36-23-13-6-14-24-36;1-43-37-27-25-35-39(41(37)47(31-17-7-3-8-18-31)32-19-9-4-10-20-32)40-36(46-30-16-15-29-45-35)26-28-38(44-2)42(40)48(33-21-11-5-12-22-33)34-23-13-6-14-24-34;1-5-17-15(3)9-11-19-21(17)22-18(6-2)16(4)10-12-20(22)24-14-8-7-13-23-19;1-5-16-14(3)8-10-18-20(16)21-17(6-2)15(4)9-11-19(21)23-13-7-12-22-18/h3-14,17-28,43-44H,15-16,29-30H2,1-2H3;3-14,17-28H,15-16,29-30H2,1-2H3;9-12H,5-8,13-14H2,1-4H3;8-11H,5-7,12-13H2,1-4H3. The van der Waals surface area contributed by atoms with E-state index in [1.807, 2.05) is 0 Å². The topological polar surface area (TPSA) is 97.9 Å². The van der Waals surface area contributed by atoms with Gasteiger partial charge in [0.25, 0.3) is 0 Å². The predicted octanol–water partition coefficient (Wildman–Crippen LogP) is 26.4. The van der Waals surface area contributed by atoms with E-state index in [2.05, 4.69) is 420 Å². The van der Waals surface area contributed by atoms with Gasteiger partial charge in [0.2, 0.25) is 0 Å². The molecule has 0 unspecified atom stereocenters. The number of hydrogen-bond acceptors (Lipinski definition) is 10. The Bertz CT molecular complexity index is 6310. The molecule has 4 aliphatic rings. The third-order valence-electron chi connectivity index (χ3n) is 27.0. The zero-order chi connectivity index (χ0) is 97.5. The molecule has 0 bridgehead atoms. The lowest BCUT2D eigenvalue weighted by Crippen LogP contribution is -2.30. The Morgan fingerprint density at radius 2 is 0.418 bits per heavy atom.